The highest BCUT2D eigenvalue weighted by atomic mass is 16.1. The number of hydrogen-bond acceptors (Lipinski definition) is 4. The van der Waals surface area contributed by atoms with Gasteiger partial charge < -0.3 is 9.88 Å². The number of pyridine rings is 1. The van der Waals surface area contributed by atoms with E-state index < -0.39 is 0 Å². The molecule has 1 spiro atoms. The average Bonchev–Trinajstić information content (AvgIpc) is 3.37. The Morgan fingerprint density at radius 2 is 2.03 bits per heavy atom. The summed E-state index contributed by atoms with van der Waals surface area (Å²) < 4.78 is 3.87. The Hall–Kier alpha value is -2.99. The third-order valence-corrected chi connectivity index (χ3v) is 7.40. The van der Waals surface area contributed by atoms with Crippen LogP contribution in [0.3, 0.4) is 0 Å². The second-order valence-electron chi connectivity index (χ2n) is 9.71. The maximum Gasteiger partial charge on any atom is 0.258 e. The summed E-state index contributed by atoms with van der Waals surface area (Å²) in [7, 11) is 0. The van der Waals surface area contributed by atoms with Gasteiger partial charge in [-0.3, -0.25) is 4.79 Å². The Morgan fingerprint density at radius 1 is 1.19 bits per heavy atom. The van der Waals surface area contributed by atoms with Crippen LogP contribution in [0.2, 0.25) is 0 Å². The van der Waals surface area contributed by atoms with Gasteiger partial charge in [0.25, 0.3) is 5.56 Å². The summed E-state index contributed by atoms with van der Waals surface area (Å²) in [6.07, 6.45) is 9.44. The minimum Gasteiger partial charge on any atom is -0.312 e. The molecule has 32 heavy (non-hydrogen) atoms. The van der Waals surface area contributed by atoms with Crippen molar-refractivity contribution in [2.24, 2.45) is 0 Å². The van der Waals surface area contributed by atoms with E-state index in [2.05, 4.69) is 48.4 Å². The summed E-state index contributed by atoms with van der Waals surface area (Å²) in [5.41, 5.74) is 6.41. The van der Waals surface area contributed by atoms with Gasteiger partial charge in [0.15, 0.2) is 5.65 Å². The molecule has 1 atom stereocenters. The monoisotopic (exact) mass is 427 g/mol. The van der Waals surface area contributed by atoms with Crippen LogP contribution in [-0.2, 0) is 6.42 Å². The van der Waals surface area contributed by atoms with E-state index in [0.717, 1.165) is 70.3 Å². The molecule has 2 aliphatic rings. The largest absolute Gasteiger partial charge is 0.312 e. The molecule has 1 unspecified atom stereocenters. The van der Waals surface area contributed by atoms with Gasteiger partial charge in [0, 0.05) is 23.3 Å². The summed E-state index contributed by atoms with van der Waals surface area (Å²) in [6, 6.07) is 8.68. The number of aromatic nitrogens is 4. The molecule has 1 aliphatic heterocycles. The lowest BCUT2D eigenvalue weighted by Gasteiger charge is -2.32. The Balaban J connectivity index is 1.44. The molecule has 6 heteroatoms. The number of hydrogen-bond donors (Lipinski definition) is 1. The summed E-state index contributed by atoms with van der Waals surface area (Å²) in [4.78, 5) is 18.2. The van der Waals surface area contributed by atoms with Crippen LogP contribution in [-0.4, -0.2) is 31.2 Å². The third-order valence-electron chi connectivity index (χ3n) is 7.40. The molecule has 1 saturated carbocycles. The van der Waals surface area contributed by atoms with Crippen molar-refractivity contribution in [3.05, 3.63) is 63.8 Å². The first-order valence-electron chi connectivity index (χ1n) is 11.7. The molecule has 0 amide bonds. The van der Waals surface area contributed by atoms with Gasteiger partial charge in [-0.2, -0.15) is 5.10 Å². The second kappa shape index (κ2) is 7.01. The molecule has 2 fully saturated rings. The predicted octanol–water partition coefficient (Wildman–Crippen LogP) is 4.35. The normalized spacial score (nSPS) is 19.8. The summed E-state index contributed by atoms with van der Waals surface area (Å²) in [6.45, 7) is 7.21. The molecule has 4 aromatic rings. The molecule has 1 aromatic carbocycles. The van der Waals surface area contributed by atoms with Gasteiger partial charge in [-0.1, -0.05) is 6.92 Å². The molecule has 6 rings (SSSR count). The minimum absolute atomic E-state index is 0.135. The van der Waals surface area contributed by atoms with E-state index in [1.54, 1.807) is 0 Å². The van der Waals surface area contributed by atoms with Gasteiger partial charge in [0.05, 0.1) is 23.0 Å². The highest BCUT2D eigenvalue weighted by Crippen LogP contribution is 2.45. The van der Waals surface area contributed by atoms with E-state index in [4.69, 9.17) is 5.10 Å². The fourth-order valence-electron chi connectivity index (χ4n) is 5.42. The smallest absolute Gasteiger partial charge is 0.258 e. The van der Waals surface area contributed by atoms with E-state index in [9.17, 15) is 4.79 Å². The van der Waals surface area contributed by atoms with E-state index in [1.165, 1.54) is 12.8 Å². The maximum atomic E-state index is 13.5. The van der Waals surface area contributed by atoms with Gasteiger partial charge in [0.2, 0.25) is 0 Å². The molecule has 164 valence electrons. The standard InChI is InChI=1S/C26H29N5O/c1-4-20-15-31-24(28-20)17(3)12-22(29-31)19-11-16(2)23-18(13-19)6-10-30(25(23)32)21-5-9-27-26(14-21)7-8-26/h6,10-13,15,21,27H,4-5,7-9,14H2,1-3H3. The Bertz CT molecular complexity index is 1430. The van der Waals surface area contributed by atoms with Crippen molar-refractivity contribution in [1.82, 2.24) is 24.5 Å². The van der Waals surface area contributed by atoms with Gasteiger partial charge >= 0.3 is 0 Å². The lowest BCUT2D eigenvalue weighted by molar-refractivity contribution is 0.282. The quantitative estimate of drug-likeness (QED) is 0.528. The van der Waals surface area contributed by atoms with Gasteiger partial charge in [-0.25, -0.2) is 9.50 Å². The SMILES string of the molecule is CCc1cn2nc(-c3cc(C)c4c(=O)n(C5CCNC6(CC6)C5)ccc4c3)cc(C)c2n1. The summed E-state index contributed by atoms with van der Waals surface area (Å²) in [5, 5.41) is 10.3. The molecule has 1 N–H and O–H groups in total. The molecule has 1 saturated heterocycles. The number of nitrogens with one attached hydrogen (secondary N) is 1. The zero-order valence-electron chi connectivity index (χ0n) is 19.0. The van der Waals surface area contributed by atoms with Crippen LogP contribution in [0.1, 0.15) is 55.5 Å². The minimum atomic E-state index is 0.135. The first kappa shape index (κ1) is 19.7. The molecular weight excluding hydrogens is 398 g/mol. The molecule has 0 bridgehead atoms. The lowest BCUT2D eigenvalue weighted by atomic mass is 9.96. The number of piperidine rings is 1. The summed E-state index contributed by atoms with van der Waals surface area (Å²) >= 11 is 0. The van der Waals surface area contributed by atoms with Crippen LogP contribution in [0.5, 0.6) is 0 Å². The van der Waals surface area contributed by atoms with E-state index in [-0.39, 0.29) is 11.6 Å². The zero-order chi connectivity index (χ0) is 22.0. The van der Waals surface area contributed by atoms with Crippen molar-refractivity contribution in [3.8, 4) is 11.3 Å². The number of aryl methyl sites for hydroxylation is 3. The van der Waals surface area contributed by atoms with Crippen molar-refractivity contribution < 1.29 is 0 Å². The molecule has 1 aliphatic carbocycles. The predicted molar refractivity (Wildman–Crippen MR) is 127 cm³/mol. The molecule has 3 aromatic heterocycles. The Morgan fingerprint density at radius 3 is 2.81 bits per heavy atom. The van der Waals surface area contributed by atoms with Crippen LogP contribution in [0.25, 0.3) is 27.7 Å². The Kier molecular flexibility index (Phi) is 4.31. The molecule has 6 nitrogen and oxygen atoms in total. The van der Waals surface area contributed by atoms with Crippen LogP contribution >= 0.6 is 0 Å². The Labute approximate surface area is 187 Å². The lowest BCUT2D eigenvalue weighted by Crippen LogP contribution is -2.42. The van der Waals surface area contributed by atoms with E-state index in [1.807, 2.05) is 28.4 Å². The first-order chi connectivity index (χ1) is 15.5. The van der Waals surface area contributed by atoms with Crippen molar-refractivity contribution in [2.45, 2.75) is 64.5 Å². The summed E-state index contributed by atoms with van der Waals surface area (Å²) in [5.74, 6) is 0. The van der Waals surface area contributed by atoms with Crippen molar-refractivity contribution in [1.29, 1.82) is 0 Å². The van der Waals surface area contributed by atoms with E-state index >= 15 is 0 Å². The highest BCUT2D eigenvalue weighted by Gasteiger charge is 2.46. The second-order valence-corrected chi connectivity index (χ2v) is 9.71. The van der Waals surface area contributed by atoms with Crippen LogP contribution in [0, 0.1) is 13.8 Å². The van der Waals surface area contributed by atoms with Gasteiger partial charge in [-0.15, -0.1) is 0 Å². The number of benzene rings is 1. The fourth-order valence-corrected chi connectivity index (χ4v) is 5.42. The van der Waals surface area contributed by atoms with Crippen LogP contribution in [0.15, 0.2) is 41.5 Å². The van der Waals surface area contributed by atoms with Crippen molar-refractivity contribution in [2.75, 3.05) is 6.54 Å². The van der Waals surface area contributed by atoms with Crippen LogP contribution < -0.4 is 10.9 Å². The zero-order valence-corrected chi connectivity index (χ0v) is 19.0. The molecular formula is C26H29N5O. The fraction of sp³-hybridized carbons (Fsp3) is 0.423. The first-order valence-corrected chi connectivity index (χ1v) is 11.7. The van der Waals surface area contributed by atoms with E-state index in [0.29, 0.717) is 5.54 Å². The van der Waals surface area contributed by atoms with Gasteiger partial charge in [0.1, 0.15) is 0 Å². The van der Waals surface area contributed by atoms with Crippen molar-refractivity contribution in [3.63, 3.8) is 0 Å². The van der Waals surface area contributed by atoms with Crippen LogP contribution in [0.4, 0.5) is 0 Å². The number of nitrogens with zero attached hydrogens (tertiary/aromatic N) is 4. The van der Waals surface area contributed by atoms with Gasteiger partial charge in [-0.05, 0) is 93.3 Å². The topological polar surface area (TPSA) is 64.2 Å². The molecule has 4 heterocycles. The highest BCUT2D eigenvalue weighted by molar-refractivity contribution is 5.89. The molecule has 0 radical (unpaired) electrons. The van der Waals surface area contributed by atoms with Crippen molar-refractivity contribution >= 4 is 16.4 Å². The average molecular weight is 428 g/mol. The maximum absolute atomic E-state index is 13.5. The third kappa shape index (κ3) is 3.08. The number of imidazole rings is 1. The number of rotatable bonds is 3. The number of fused-ring (bicyclic) bond motifs is 2.